The smallest absolute Gasteiger partial charge is 0.0622 e. The Morgan fingerprint density at radius 1 is 1.33 bits per heavy atom. The van der Waals surface area contributed by atoms with Crippen LogP contribution >= 0.6 is 0 Å². The molecule has 2 aliphatic rings. The second kappa shape index (κ2) is 4.83. The summed E-state index contributed by atoms with van der Waals surface area (Å²) < 4.78 is 5.39. The van der Waals surface area contributed by atoms with E-state index in [0.29, 0.717) is 0 Å². The third-order valence-corrected chi connectivity index (χ3v) is 2.57. The first-order valence-electron chi connectivity index (χ1n) is 5.18. The number of ether oxygens (including phenoxy) is 1. The highest BCUT2D eigenvalue weighted by atomic mass is 16.5. The van der Waals surface area contributed by atoms with E-state index in [1.54, 1.807) is 0 Å². The van der Waals surface area contributed by atoms with Crippen molar-refractivity contribution >= 4 is 0 Å². The Balaban J connectivity index is 0.000000336. The zero-order valence-electron chi connectivity index (χ0n) is 8.55. The summed E-state index contributed by atoms with van der Waals surface area (Å²) in [6.45, 7) is 10.7. The molecule has 2 rings (SSSR count). The molecule has 2 aliphatic heterocycles. The van der Waals surface area contributed by atoms with E-state index in [1.165, 1.54) is 13.0 Å². The van der Waals surface area contributed by atoms with Gasteiger partial charge < -0.3 is 4.74 Å². The summed E-state index contributed by atoms with van der Waals surface area (Å²) in [5.41, 5.74) is 0. The normalized spacial score (nSPS) is 35.2. The van der Waals surface area contributed by atoms with Gasteiger partial charge in [0, 0.05) is 19.1 Å². The van der Waals surface area contributed by atoms with Gasteiger partial charge >= 0.3 is 0 Å². The zero-order valence-corrected chi connectivity index (χ0v) is 8.55. The summed E-state index contributed by atoms with van der Waals surface area (Å²) in [5, 5.41) is 0. The van der Waals surface area contributed by atoms with E-state index in [9.17, 15) is 0 Å². The minimum absolute atomic E-state index is 0.753. The van der Waals surface area contributed by atoms with Gasteiger partial charge in [0.15, 0.2) is 0 Å². The maximum Gasteiger partial charge on any atom is 0.0622 e. The molecule has 12 heavy (non-hydrogen) atoms. The quantitative estimate of drug-likeness (QED) is 0.550. The topological polar surface area (TPSA) is 12.5 Å². The highest BCUT2D eigenvalue weighted by molar-refractivity contribution is 4.84. The van der Waals surface area contributed by atoms with Crippen LogP contribution in [0.15, 0.2) is 0 Å². The monoisotopic (exact) mass is 171 g/mol. The minimum atomic E-state index is 0.753. The van der Waals surface area contributed by atoms with E-state index >= 15 is 0 Å². The van der Waals surface area contributed by atoms with Crippen LogP contribution in [0.25, 0.3) is 0 Å². The molecule has 0 spiro atoms. The van der Waals surface area contributed by atoms with Crippen molar-refractivity contribution in [3.05, 3.63) is 0 Å². The number of rotatable bonds is 0. The molecule has 0 N–H and O–H groups in total. The van der Waals surface area contributed by atoms with Crippen molar-refractivity contribution in [2.24, 2.45) is 5.92 Å². The summed E-state index contributed by atoms with van der Waals surface area (Å²) in [6.07, 6.45) is 1.35. The molecule has 2 heterocycles. The molecule has 0 amide bonds. The molecule has 2 atom stereocenters. The fraction of sp³-hybridized carbons (Fsp3) is 1.00. The first-order chi connectivity index (χ1) is 5.86. The molecule has 0 aliphatic carbocycles. The Hall–Kier alpha value is -0.0800. The van der Waals surface area contributed by atoms with Gasteiger partial charge in [0.05, 0.1) is 13.2 Å². The predicted octanol–water partition coefficient (Wildman–Crippen LogP) is 1.75. The van der Waals surface area contributed by atoms with Crippen LogP contribution in [-0.4, -0.2) is 37.2 Å². The number of fused-ring (bicyclic) bond motifs is 1. The van der Waals surface area contributed by atoms with Gasteiger partial charge in [-0.1, -0.05) is 20.8 Å². The van der Waals surface area contributed by atoms with Gasteiger partial charge in [0.2, 0.25) is 0 Å². The van der Waals surface area contributed by atoms with Gasteiger partial charge in [-0.05, 0) is 12.3 Å². The highest BCUT2D eigenvalue weighted by Gasteiger charge is 2.31. The van der Waals surface area contributed by atoms with Crippen LogP contribution in [0.4, 0.5) is 0 Å². The van der Waals surface area contributed by atoms with E-state index in [4.69, 9.17) is 4.74 Å². The van der Waals surface area contributed by atoms with Gasteiger partial charge in [-0.3, -0.25) is 4.90 Å². The van der Waals surface area contributed by atoms with E-state index in [2.05, 4.69) is 11.8 Å². The molecule has 0 aromatic rings. The van der Waals surface area contributed by atoms with Crippen LogP contribution in [0.3, 0.4) is 0 Å². The molecule has 2 heteroatoms. The second-order valence-corrected chi connectivity index (χ2v) is 3.56. The lowest BCUT2D eigenvalue weighted by atomic mass is 10.1. The Morgan fingerprint density at radius 3 is 2.75 bits per heavy atom. The van der Waals surface area contributed by atoms with Crippen LogP contribution in [0.2, 0.25) is 0 Å². The van der Waals surface area contributed by atoms with Crippen LogP contribution < -0.4 is 0 Å². The molecule has 0 aromatic carbocycles. The first kappa shape index (κ1) is 10.0. The summed E-state index contributed by atoms with van der Waals surface area (Å²) in [5.74, 6) is 0.895. The van der Waals surface area contributed by atoms with E-state index in [-0.39, 0.29) is 0 Å². The number of morpholine rings is 1. The molecular weight excluding hydrogens is 150 g/mol. The molecule has 2 saturated heterocycles. The average molecular weight is 171 g/mol. The van der Waals surface area contributed by atoms with Crippen LogP contribution in [0, 0.1) is 5.92 Å². The minimum Gasteiger partial charge on any atom is -0.378 e. The van der Waals surface area contributed by atoms with E-state index in [1.807, 2.05) is 13.8 Å². The summed E-state index contributed by atoms with van der Waals surface area (Å²) in [6, 6.07) is 0.753. The number of nitrogens with zero attached hydrogens (tertiary/aromatic N) is 1. The fourth-order valence-electron chi connectivity index (χ4n) is 2.09. The second-order valence-electron chi connectivity index (χ2n) is 3.56. The molecule has 72 valence electrons. The van der Waals surface area contributed by atoms with Crippen molar-refractivity contribution in [2.45, 2.75) is 33.2 Å². The number of hydrogen-bond donors (Lipinski definition) is 0. The molecule has 2 fully saturated rings. The van der Waals surface area contributed by atoms with E-state index < -0.39 is 0 Å². The Morgan fingerprint density at radius 2 is 2.08 bits per heavy atom. The maximum absolute atomic E-state index is 5.39. The first-order valence-corrected chi connectivity index (χ1v) is 5.18. The van der Waals surface area contributed by atoms with E-state index in [0.717, 1.165) is 31.7 Å². The van der Waals surface area contributed by atoms with Crippen LogP contribution in [0.5, 0.6) is 0 Å². The summed E-state index contributed by atoms with van der Waals surface area (Å²) in [4.78, 5) is 2.56. The third kappa shape index (κ3) is 2.20. The van der Waals surface area contributed by atoms with Crippen molar-refractivity contribution < 1.29 is 4.74 Å². The summed E-state index contributed by atoms with van der Waals surface area (Å²) >= 11 is 0. The van der Waals surface area contributed by atoms with Gasteiger partial charge in [-0.15, -0.1) is 0 Å². The average Bonchev–Trinajstić information content (AvgIpc) is 2.48. The Bertz CT molecular complexity index is 113. The Kier molecular flexibility index (Phi) is 4.02. The van der Waals surface area contributed by atoms with Crippen molar-refractivity contribution in [2.75, 3.05) is 26.3 Å². The highest BCUT2D eigenvalue weighted by Crippen LogP contribution is 2.24. The van der Waals surface area contributed by atoms with Crippen LogP contribution in [0.1, 0.15) is 27.2 Å². The van der Waals surface area contributed by atoms with Gasteiger partial charge in [0.1, 0.15) is 0 Å². The SMILES string of the molecule is CC.C[C@H]1CC2COCCN2C1. The summed E-state index contributed by atoms with van der Waals surface area (Å²) in [7, 11) is 0. The van der Waals surface area contributed by atoms with Crippen molar-refractivity contribution in [3.8, 4) is 0 Å². The van der Waals surface area contributed by atoms with Gasteiger partial charge in [-0.2, -0.15) is 0 Å². The van der Waals surface area contributed by atoms with Gasteiger partial charge in [0.25, 0.3) is 0 Å². The van der Waals surface area contributed by atoms with Crippen molar-refractivity contribution in [1.82, 2.24) is 4.90 Å². The molecule has 2 nitrogen and oxygen atoms in total. The van der Waals surface area contributed by atoms with Gasteiger partial charge in [-0.25, -0.2) is 0 Å². The lowest BCUT2D eigenvalue weighted by Crippen LogP contribution is -2.40. The third-order valence-electron chi connectivity index (χ3n) is 2.57. The molecule has 0 bridgehead atoms. The van der Waals surface area contributed by atoms with Crippen molar-refractivity contribution in [1.29, 1.82) is 0 Å². The Labute approximate surface area is 75.9 Å². The molecule has 0 aromatic heterocycles. The predicted molar refractivity (Wildman–Crippen MR) is 51.3 cm³/mol. The largest absolute Gasteiger partial charge is 0.378 e. The zero-order chi connectivity index (χ0) is 8.97. The van der Waals surface area contributed by atoms with Crippen LogP contribution in [-0.2, 0) is 4.74 Å². The lowest BCUT2D eigenvalue weighted by molar-refractivity contribution is 0.0128. The number of hydrogen-bond acceptors (Lipinski definition) is 2. The molecular formula is C10H21NO. The molecule has 0 saturated carbocycles. The molecule has 0 radical (unpaired) electrons. The standard InChI is InChI=1S/C8H15NO.C2H6/c1-7-4-8-6-10-3-2-9(8)5-7;1-2/h7-8H,2-6H2,1H3;1-2H3/t7-,8?;/m0./s1. The molecule has 1 unspecified atom stereocenters. The van der Waals surface area contributed by atoms with Crippen molar-refractivity contribution in [3.63, 3.8) is 0 Å². The fourth-order valence-corrected chi connectivity index (χ4v) is 2.09. The lowest BCUT2D eigenvalue weighted by Gasteiger charge is -2.28. The maximum atomic E-state index is 5.39.